The molecule has 2 N–H and O–H groups in total. The van der Waals surface area contributed by atoms with Gasteiger partial charge in [-0.15, -0.1) is 0 Å². The Morgan fingerprint density at radius 1 is 1.35 bits per heavy atom. The predicted molar refractivity (Wildman–Crippen MR) is 79.7 cm³/mol. The molecule has 0 radical (unpaired) electrons. The Labute approximate surface area is 123 Å². The van der Waals surface area contributed by atoms with Gasteiger partial charge >= 0.3 is 5.97 Å². The molecule has 0 amide bonds. The van der Waals surface area contributed by atoms with Gasteiger partial charge in [0, 0.05) is 29.3 Å². The molecule has 0 saturated carbocycles. The van der Waals surface area contributed by atoms with Crippen molar-refractivity contribution in [1.82, 2.24) is 4.90 Å². The van der Waals surface area contributed by atoms with E-state index in [2.05, 4.69) is 10.2 Å². The maximum absolute atomic E-state index is 11.3. The topological polar surface area (TPSA) is 52.6 Å². The summed E-state index contributed by atoms with van der Waals surface area (Å²) >= 11 is 5.88. The number of hydrogen-bond donors (Lipinski definition) is 2. The van der Waals surface area contributed by atoms with Gasteiger partial charge in [-0.1, -0.05) is 11.6 Å². The minimum atomic E-state index is -0.937. The standard InChI is InChI=1S/C15H19ClN2O2/c16-10-3-4-14(13(8-10)15(19)20)17-11-5-7-18-6-1-2-12(18)9-11/h3-4,8,11-12,17H,1-2,5-7,9H2,(H,19,20). The van der Waals surface area contributed by atoms with Crippen molar-refractivity contribution < 1.29 is 9.90 Å². The molecule has 0 aromatic heterocycles. The lowest BCUT2D eigenvalue weighted by atomic mass is 9.97. The predicted octanol–water partition coefficient (Wildman–Crippen LogP) is 3.08. The smallest absolute Gasteiger partial charge is 0.337 e. The maximum atomic E-state index is 11.3. The number of anilines is 1. The van der Waals surface area contributed by atoms with Crippen LogP contribution < -0.4 is 5.32 Å². The number of nitrogens with zero attached hydrogens (tertiary/aromatic N) is 1. The molecule has 2 fully saturated rings. The zero-order valence-corrected chi connectivity index (χ0v) is 12.1. The lowest BCUT2D eigenvalue weighted by molar-refractivity contribution is 0.0698. The molecule has 2 heterocycles. The normalized spacial score (nSPS) is 26.2. The number of carboxylic acid groups (broad SMARTS) is 1. The lowest BCUT2D eigenvalue weighted by Gasteiger charge is -2.35. The molecule has 0 spiro atoms. The van der Waals surface area contributed by atoms with Gasteiger partial charge in [0.1, 0.15) is 0 Å². The SMILES string of the molecule is O=C(O)c1cc(Cl)ccc1NC1CCN2CCCC2C1. The van der Waals surface area contributed by atoms with Gasteiger partial charge in [-0.3, -0.25) is 0 Å². The number of carboxylic acids is 1. The molecule has 20 heavy (non-hydrogen) atoms. The van der Waals surface area contributed by atoms with E-state index in [1.807, 2.05) is 0 Å². The van der Waals surface area contributed by atoms with Crippen molar-refractivity contribution in [3.8, 4) is 0 Å². The summed E-state index contributed by atoms with van der Waals surface area (Å²) in [5.74, 6) is -0.937. The summed E-state index contributed by atoms with van der Waals surface area (Å²) in [6, 6.07) is 6.04. The van der Waals surface area contributed by atoms with Crippen LogP contribution in [0.3, 0.4) is 0 Å². The molecular formula is C15H19ClN2O2. The summed E-state index contributed by atoms with van der Waals surface area (Å²) in [7, 11) is 0. The van der Waals surface area contributed by atoms with E-state index in [1.165, 1.54) is 25.5 Å². The van der Waals surface area contributed by atoms with E-state index < -0.39 is 5.97 Å². The monoisotopic (exact) mass is 294 g/mol. The number of carbonyl (C=O) groups is 1. The van der Waals surface area contributed by atoms with Gasteiger partial charge in [0.25, 0.3) is 0 Å². The largest absolute Gasteiger partial charge is 0.478 e. The van der Waals surface area contributed by atoms with Crippen LogP contribution in [0.5, 0.6) is 0 Å². The summed E-state index contributed by atoms with van der Waals surface area (Å²) in [6.07, 6.45) is 4.73. The molecule has 2 aliphatic rings. The van der Waals surface area contributed by atoms with E-state index in [1.54, 1.807) is 12.1 Å². The van der Waals surface area contributed by atoms with Gasteiger partial charge in [0.2, 0.25) is 0 Å². The third kappa shape index (κ3) is 2.76. The van der Waals surface area contributed by atoms with Gasteiger partial charge in [0.05, 0.1) is 5.56 Å². The number of benzene rings is 1. The van der Waals surface area contributed by atoms with E-state index >= 15 is 0 Å². The molecule has 3 rings (SSSR count). The first-order valence-electron chi connectivity index (χ1n) is 7.17. The summed E-state index contributed by atoms with van der Waals surface area (Å²) in [5.41, 5.74) is 0.935. The van der Waals surface area contributed by atoms with Gasteiger partial charge in [-0.25, -0.2) is 4.79 Å². The lowest BCUT2D eigenvalue weighted by Crippen LogP contribution is -2.42. The van der Waals surface area contributed by atoms with Crippen LogP contribution in [-0.2, 0) is 0 Å². The maximum Gasteiger partial charge on any atom is 0.337 e. The zero-order valence-electron chi connectivity index (χ0n) is 11.3. The molecule has 108 valence electrons. The summed E-state index contributed by atoms with van der Waals surface area (Å²) in [4.78, 5) is 13.8. The minimum Gasteiger partial charge on any atom is -0.478 e. The Morgan fingerprint density at radius 3 is 3.00 bits per heavy atom. The van der Waals surface area contributed by atoms with Crippen LogP contribution in [0.1, 0.15) is 36.0 Å². The Morgan fingerprint density at radius 2 is 2.20 bits per heavy atom. The average Bonchev–Trinajstić information content (AvgIpc) is 2.88. The highest BCUT2D eigenvalue weighted by Crippen LogP contribution is 2.30. The first-order chi connectivity index (χ1) is 9.63. The van der Waals surface area contributed by atoms with E-state index in [0.717, 1.165) is 19.4 Å². The number of aromatic carboxylic acids is 1. The van der Waals surface area contributed by atoms with Gasteiger partial charge in [-0.05, 0) is 50.4 Å². The van der Waals surface area contributed by atoms with E-state index in [-0.39, 0.29) is 5.56 Å². The fraction of sp³-hybridized carbons (Fsp3) is 0.533. The van der Waals surface area contributed by atoms with Crippen LogP contribution in [0, 0.1) is 0 Å². The summed E-state index contributed by atoms with van der Waals surface area (Å²) in [6.45, 7) is 2.33. The van der Waals surface area contributed by atoms with Crippen molar-refractivity contribution in [2.24, 2.45) is 0 Å². The van der Waals surface area contributed by atoms with Crippen molar-refractivity contribution in [2.45, 2.75) is 37.8 Å². The van der Waals surface area contributed by atoms with Crippen LogP contribution in [-0.4, -0.2) is 41.1 Å². The molecule has 1 aromatic rings. The second-order valence-corrected chi connectivity index (χ2v) is 6.13. The van der Waals surface area contributed by atoms with Gasteiger partial charge in [0.15, 0.2) is 0 Å². The van der Waals surface area contributed by atoms with Crippen LogP contribution in [0.15, 0.2) is 18.2 Å². The molecule has 2 atom stereocenters. The Balaban J connectivity index is 1.73. The second kappa shape index (κ2) is 5.62. The van der Waals surface area contributed by atoms with Gasteiger partial charge < -0.3 is 15.3 Å². The fourth-order valence-electron chi connectivity index (χ4n) is 3.39. The number of piperidine rings is 1. The molecule has 2 aliphatic heterocycles. The first-order valence-corrected chi connectivity index (χ1v) is 7.55. The van der Waals surface area contributed by atoms with E-state index in [9.17, 15) is 9.90 Å². The highest BCUT2D eigenvalue weighted by atomic mass is 35.5. The second-order valence-electron chi connectivity index (χ2n) is 5.69. The first kappa shape index (κ1) is 13.7. The average molecular weight is 295 g/mol. The van der Waals surface area contributed by atoms with Crippen LogP contribution in [0.25, 0.3) is 0 Å². The van der Waals surface area contributed by atoms with E-state index in [0.29, 0.717) is 22.8 Å². The number of halogens is 1. The number of rotatable bonds is 3. The number of hydrogen-bond acceptors (Lipinski definition) is 3. The van der Waals surface area contributed by atoms with Crippen molar-refractivity contribution in [3.05, 3.63) is 28.8 Å². The summed E-state index contributed by atoms with van der Waals surface area (Å²) < 4.78 is 0. The van der Waals surface area contributed by atoms with Gasteiger partial charge in [-0.2, -0.15) is 0 Å². The van der Waals surface area contributed by atoms with Crippen molar-refractivity contribution in [3.63, 3.8) is 0 Å². The summed E-state index contributed by atoms with van der Waals surface area (Å²) in [5, 5.41) is 13.1. The molecule has 5 heteroatoms. The van der Waals surface area contributed by atoms with E-state index in [4.69, 9.17) is 11.6 Å². The van der Waals surface area contributed by atoms with Crippen LogP contribution in [0.4, 0.5) is 5.69 Å². The molecule has 1 aromatic carbocycles. The number of nitrogens with one attached hydrogen (secondary N) is 1. The Bertz CT molecular complexity index is 521. The zero-order chi connectivity index (χ0) is 14.1. The Kier molecular flexibility index (Phi) is 3.85. The minimum absolute atomic E-state index is 0.256. The molecule has 2 unspecified atom stereocenters. The van der Waals surface area contributed by atoms with Crippen LogP contribution in [0.2, 0.25) is 5.02 Å². The van der Waals surface area contributed by atoms with Crippen molar-refractivity contribution in [2.75, 3.05) is 18.4 Å². The fourth-order valence-corrected chi connectivity index (χ4v) is 3.57. The molecule has 0 aliphatic carbocycles. The third-order valence-electron chi connectivity index (χ3n) is 4.39. The molecular weight excluding hydrogens is 276 g/mol. The quantitative estimate of drug-likeness (QED) is 0.899. The third-order valence-corrected chi connectivity index (χ3v) is 4.63. The van der Waals surface area contributed by atoms with Crippen molar-refractivity contribution >= 4 is 23.3 Å². The van der Waals surface area contributed by atoms with Crippen LogP contribution >= 0.6 is 11.6 Å². The number of fused-ring (bicyclic) bond motifs is 1. The van der Waals surface area contributed by atoms with Crippen molar-refractivity contribution in [1.29, 1.82) is 0 Å². The molecule has 0 bridgehead atoms. The Hall–Kier alpha value is -1.26. The highest BCUT2D eigenvalue weighted by Gasteiger charge is 2.31. The molecule has 2 saturated heterocycles. The molecule has 4 nitrogen and oxygen atoms in total. The highest BCUT2D eigenvalue weighted by molar-refractivity contribution is 6.31.